The SMILES string of the molecule is C=C1CN(S(=O)(=O)c2ccccc2)CC[C@H]1O. The zero-order valence-electron chi connectivity index (χ0n) is 9.41. The maximum atomic E-state index is 12.2. The third-order valence-corrected chi connectivity index (χ3v) is 4.74. The molecule has 1 aliphatic heterocycles. The van der Waals surface area contributed by atoms with Gasteiger partial charge in [0.1, 0.15) is 0 Å². The van der Waals surface area contributed by atoms with Gasteiger partial charge in [0.25, 0.3) is 0 Å². The van der Waals surface area contributed by atoms with E-state index in [2.05, 4.69) is 6.58 Å². The average Bonchev–Trinajstić information content (AvgIpc) is 2.33. The van der Waals surface area contributed by atoms with Crippen molar-refractivity contribution in [1.82, 2.24) is 4.31 Å². The summed E-state index contributed by atoms with van der Waals surface area (Å²) < 4.78 is 25.8. The molecule has 1 aromatic rings. The van der Waals surface area contributed by atoms with Crippen molar-refractivity contribution in [3.8, 4) is 0 Å². The monoisotopic (exact) mass is 253 g/mol. The van der Waals surface area contributed by atoms with E-state index >= 15 is 0 Å². The molecule has 1 N–H and O–H groups in total. The van der Waals surface area contributed by atoms with Crippen LogP contribution in [0.5, 0.6) is 0 Å². The quantitative estimate of drug-likeness (QED) is 0.800. The topological polar surface area (TPSA) is 57.6 Å². The van der Waals surface area contributed by atoms with Crippen molar-refractivity contribution in [2.75, 3.05) is 13.1 Å². The number of aliphatic hydroxyl groups excluding tert-OH is 1. The first kappa shape index (κ1) is 12.3. The van der Waals surface area contributed by atoms with Crippen LogP contribution < -0.4 is 0 Å². The smallest absolute Gasteiger partial charge is 0.243 e. The molecule has 1 aromatic carbocycles. The summed E-state index contributed by atoms with van der Waals surface area (Å²) in [4.78, 5) is 0.282. The number of benzene rings is 1. The van der Waals surface area contributed by atoms with E-state index in [4.69, 9.17) is 0 Å². The zero-order chi connectivity index (χ0) is 12.5. The van der Waals surface area contributed by atoms with Gasteiger partial charge in [-0.05, 0) is 24.1 Å². The number of nitrogens with zero attached hydrogens (tertiary/aromatic N) is 1. The van der Waals surface area contributed by atoms with Crippen molar-refractivity contribution < 1.29 is 13.5 Å². The summed E-state index contributed by atoms with van der Waals surface area (Å²) in [6.07, 6.45) is -0.178. The largest absolute Gasteiger partial charge is 0.389 e. The van der Waals surface area contributed by atoms with E-state index in [9.17, 15) is 13.5 Å². The molecule has 5 heteroatoms. The lowest BCUT2D eigenvalue weighted by molar-refractivity contribution is 0.163. The third kappa shape index (κ3) is 2.41. The molecule has 1 aliphatic rings. The molecule has 4 nitrogen and oxygen atoms in total. The van der Waals surface area contributed by atoms with Gasteiger partial charge in [0.2, 0.25) is 10.0 Å². The molecule has 1 saturated heterocycles. The summed E-state index contributed by atoms with van der Waals surface area (Å²) >= 11 is 0. The highest BCUT2D eigenvalue weighted by molar-refractivity contribution is 7.89. The molecule has 1 atom stereocenters. The predicted molar refractivity (Wildman–Crippen MR) is 65.0 cm³/mol. The van der Waals surface area contributed by atoms with Crippen LogP contribution in [0.3, 0.4) is 0 Å². The van der Waals surface area contributed by atoms with E-state index in [0.29, 0.717) is 18.5 Å². The van der Waals surface area contributed by atoms with Crippen LogP contribution in [0.2, 0.25) is 0 Å². The molecule has 2 rings (SSSR count). The van der Waals surface area contributed by atoms with Crippen molar-refractivity contribution in [2.45, 2.75) is 17.4 Å². The molecule has 0 unspecified atom stereocenters. The van der Waals surface area contributed by atoms with Gasteiger partial charge in [-0.15, -0.1) is 0 Å². The normalized spacial score (nSPS) is 22.6. The average molecular weight is 253 g/mol. The highest BCUT2D eigenvalue weighted by Gasteiger charge is 2.30. The van der Waals surface area contributed by atoms with Gasteiger partial charge in [0.05, 0.1) is 11.0 Å². The minimum Gasteiger partial charge on any atom is -0.389 e. The van der Waals surface area contributed by atoms with Gasteiger partial charge in [0, 0.05) is 13.1 Å². The third-order valence-electron chi connectivity index (χ3n) is 2.88. The van der Waals surface area contributed by atoms with E-state index in [1.54, 1.807) is 30.3 Å². The minimum atomic E-state index is -3.46. The van der Waals surface area contributed by atoms with Crippen molar-refractivity contribution in [3.05, 3.63) is 42.5 Å². The number of hydrogen-bond acceptors (Lipinski definition) is 3. The van der Waals surface area contributed by atoms with Crippen LogP contribution in [0.4, 0.5) is 0 Å². The molecule has 17 heavy (non-hydrogen) atoms. The van der Waals surface area contributed by atoms with Crippen LogP contribution in [0.1, 0.15) is 6.42 Å². The molecule has 0 aliphatic carbocycles. The minimum absolute atomic E-state index is 0.193. The van der Waals surface area contributed by atoms with E-state index in [-0.39, 0.29) is 11.4 Å². The summed E-state index contributed by atoms with van der Waals surface area (Å²) in [5, 5.41) is 9.51. The highest BCUT2D eigenvalue weighted by Crippen LogP contribution is 2.22. The molecule has 0 aromatic heterocycles. The molecule has 92 valence electrons. The Labute approximate surface area is 101 Å². The number of rotatable bonds is 2. The fraction of sp³-hybridized carbons (Fsp3) is 0.333. The number of aliphatic hydroxyl groups is 1. The summed E-state index contributed by atoms with van der Waals surface area (Å²) in [6.45, 7) is 4.22. The molecule has 0 bridgehead atoms. The second kappa shape index (κ2) is 4.60. The first-order chi connectivity index (χ1) is 8.01. The lowest BCUT2D eigenvalue weighted by Crippen LogP contribution is -2.41. The van der Waals surface area contributed by atoms with Gasteiger partial charge in [-0.25, -0.2) is 8.42 Å². The number of sulfonamides is 1. The van der Waals surface area contributed by atoms with E-state index in [0.717, 1.165) is 0 Å². The Morgan fingerprint density at radius 1 is 1.29 bits per heavy atom. The summed E-state index contributed by atoms with van der Waals surface area (Å²) in [7, 11) is -3.46. The zero-order valence-corrected chi connectivity index (χ0v) is 10.2. The lowest BCUT2D eigenvalue weighted by atomic mass is 10.1. The standard InChI is InChI=1S/C12H15NO3S/c1-10-9-13(8-7-12(10)14)17(15,16)11-5-3-2-4-6-11/h2-6,12,14H,1,7-9H2/t12-/m1/s1. The van der Waals surface area contributed by atoms with Crippen LogP contribution in [0.15, 0.2) is 47.4 Å². The Kier molecular flexibility index (Phi) is 3.33. The van der Waals surface area contributed by atoms with Gasteiger partial charge in [0.15, 0.2) is 0 Å². The van der Waals surface area contributed by atoms with E-state index in [1.807, 2.05) is 0 Å². The summed E-state index contributed by atoms with van der Waals surface area (Å²) in [5.74, 6) is 0. The Bertz CT molecular complexity index is 510. The van der Waals surface area contributed by atoms with Crippen molar-refractivity contribution in [2.24, 2.45) is 0 Å². The Morgan fingerprint density at radius 3 is 2.53 bits per heavy atom. The van der Waals surface area contributed by atoms with Crippen LogP contribution >= 0.6 is 0 Å². The molecule has 1 fully saturated rings. The molecule has 0 radical (unpaired) electrons. The Morgan fingerprint density at radius 2 is 1.94 bits per heavy atom. The van der Waals surface area contributed by atoms with Gasteiger partial charge >= 0.3 is 0 Å². The second-order valence-electron chi connectivity index (χ2n) is 4.11. The maximum absolute atomic E-state index is 12.2. The first-order valence-electron chi connectivity index (χ1n) is 5.43. The molecule has 0 saturated carbocycles. The fourth-order valence-electron chi connectivity index (χ4n) is 1.83. The van der Waals surface area contributed by atoms with Gasteiger partial charge in [-0.2, -0.15) is 4.31 Å². The number of piperidine rings is 1. The molecule has 0 amide bonds. The van der Waals surface area contributed by atoms with Gasteiger partial charge in [-0.1, -0.05) is 24.8 Å². The Balaban J connectivity index is 2.26. The molecule has 0 spiro atoms. The van der Waals surface area contributed by atoms with Crippen LogP contribution in [0.25, 0.3) is 0 Å². The van der Waals surface area contributed by atoms with Crippen LogP contribution in [0, 0.1) is 0 Å². The predicted octanol–water partition coefficient (Wildman–Crippen LogP) is 0.998. The number of hydrogen-bond donors (Lipinski definition) is 1. The van der Waals surface area contributed by atoms with Gasteiger partial charge < -0.3 is 5.11 Å². The fourth-order valence-corrected chi connectivity index (χ4v) is 3.31. The van der Waals surface area contributed by atoms with Crippen LogP contribution in [-0.4, -0.2) is 37.0 Å². The van der Waals surface area contributed by atoms with E-state index < -0.39 is 16.1 Å². The first-order valence-corrected chi connectivity index (χ1v) is 6.87. The highest BCUT2D eigenvalue weighted by atomic mass is 32.2. The lowest BCUT2D eigenvalue weighted by Gasteiger charge is -2.30. The van der Waals surface area contributed by atoms with Crippen molar-refractivity contribution in [1.29, 1.82) is 0 Å². The van der Waals surface area contributed by atoms with Gasteiger partial charge in [-0.3, -0.25) is 0 Å². The van der Waals surface area contributed by atoms with E-state index in [1.165, 1.54) is 4.31 Å². The molecular weight excluding hydrogens is 238 g/mol. The Hall–Kier alpha value is -1.17. The molecular formula is C12H15NO3S. The van der Waals surface area contributed by atoms with Crippen LogP contribution in [-0.2, 0) is 10.0 Å². The summed E-state index contributed by atoms with van der Waals surface area (Å²) in [5.41, 5.74) is 0.552. The maximum Gasteiger partial charge on any atom is 0.243 e. The summed E-state index contributed by atoms with van der Waals surface area (Å²) in [6, 6.07) is 8.31. The van der Waals surface area contributed by atoms with Crippen molar-refractivity contribution in [3.63, 3.8) is 0 Å². The van der Waals surface area contributed by atoms with Crippen molar-refractivity contribution >= 4 is 10.0 Å². The molecule has 1 heterocycles. The second-order valence-corrected chi connectivity index (χ2v) is 6.05.